The standard InChI is InChI=1S/C15H18ClN3O2/c1-2-13-9-19(7-8-20-13)10-14-17-15(21-18-14)11-3-5-12(16)6-4-11/h3-6,13H,2,7-10H2,1H3/t13-/m0/s1. The van der Waals surface area contributed by atoms with Crippen LogP contribution in [0.15, 0.2) is 28.8 Å². The van der Waals surface area contributed by atoms with Crippen LogP contribution in [0, 0.1) is 0 Å². The van der Waals surface area contributed by atoms with Gasteiger partial charge >= 0.3 is 0 Å². The maximum atomic E-state index is 5.88. The zero-order valence-electron chi connectivity index (χ0n) is 12.0. The van der Waals surface area contributed by atoms with Gasteiger partial charge in [-0.3, -0.25) is 4.90 Å². The Balaban J connectivity index is 1.66. The number of hydrogen-bond donors (Lipinski definition) is 0. The Morgan fingerprint density at radius 3 is 2.90 bits per heavy atom. The molecule has 3 rings (SSSR count). The van der Waals surface area contributed by atoms with Crippen molar-refractivity contribution in [2.45, 2.75) is 26.0 Å². The highest BCUT2D eigenvalue weighted by molar-refractivity contribution is 6.30. The summed E-state index contributed by atoms with van der Waals surface area (Å²) in [4.78, 5) is 6.75. The molecule has 5 nitrogen and oxygen atoms in total. The summed E-state index contributed by atoms with van der Waals surface area (Å²) in [6.45, 7) is 5.42. The van der Waals surface area contributed by atoms with E-state index in [0.29, 0.717) is 29.4 Å². The summed E-state index contributed by atoms with van der Waals surface area (Å²) in [5.41, 5.74) is 0.881. The van der Waals surface area contributed by atoms with Gasteiger partial charge in [0.2, 0.25) is 0 Å². The molecule has 112 valence electrons. The highest BCUT2D eigenvalue weighted by Crippen LogP contribution is 2.20. The maximum Gasteiger partial charge on any atom is 0.257 e. The van der Waals surface area contributed by atoms with Crippen LogP contribution < -0.4 is 0 Å². The van der Waals surface area contributed by atoms with Crippen LogP contribution in [0.4, 0.5) is 0 Å². The lowest BCUT2D eigenvalue weighted by Gasteiger charge is -2.31. The summed E-state index contributed by atoms with van der Waals surface area (Å²) >= 11 is 5.88. The van der Waals surface area contributed by atoms with Crippen molar-refractivity contribution in [1.29, 1.82) is 0 Å². The molecule has 0 bridgehead atoms. The van der Waals surface area contributed by atoms with Crippen LogP contribution in [0.2, 0.25) is 5.02 Å². The largest absolute Gasteiger partial charge is 0.376 e. The van der Waals surface area contributed by atoms with E-state index < -0.39 is 0 Å². The van der Waals surface area contributed by atoms with Gasteiger partial charge in [-0.2, -0.15) is 4.98 Å². The normalized spacial score (nSPS) is 19.8. The summed E-state index contributed by atoms with van der Waals surface area (Å²) < 4.78 is 11.0. The third-order valence-corrected chi connectivity index (χ3v) is 3.85. The van der Waals surface area contributed by atoms with Crippen molar-refractivity contribution in [3.05, 3.63) is 35.1 Å². The second kappa shape index (κ2) is 6.56. The molecule has 0 amide bonds. The van der Waals surface area contributed by atoms with Gasteiger partial charge in [0.1, 0.15) is 0 Å². The number of ether oxygens (including phenoxy) is 1. The first-order chi connectivity index (χ1) is 10.2. The van der Waals surface area contributed by atoms with Crippen molar-refractivity contribution in [2.24, 2.45) is 0 Å². The predicted molar refractivity (Wildman–Crippen MR) is 80.1 cm³/mol. The molecule has 1 aromatic heterocycles. The molecule has 0 N–H and O–H groups in total. The number of hydrogen-bond acceptors (Lipinski definition) is 5. The molecule has 0 saturated carbocycles. The first-order valence-electron chi connectivity index (χ1n) is 7.17. The third kappa shape index (κ3) is 3.61. The van der Waals surface area contributed by atoms with E-state index >= 15 is 0 Å². The zero-order chi connectivity index (χ0) is 14.7. The highest BCUT2D eigenvalue weighted by Gasteiger charge is 2.20. The molecule has 1 aromatic carbocycles. The fourth-order valence-corrected chi connectivity index (χ4v) is 2.52. The molecule has 1 aliphatic rings. The zero-order valence-corrected chi connectivity index (χ0v) is 12.7. The van der Waals surface area contributed by atoms with Crippen LogP contribution >= 0.6 is 11.6 Å². The van der Waals surface area contributed by atoms with Crippen molar-refractivity contribution in [1.82, 2.24) is 15.0 Å². The number of benzene rings is 1. The van der Waals surface area contributed by atoms with Crippen molar-refractivity contribution >= 4 is 11.6 Å². The van der Waals surface area contributed by atoms with Gasteiger partial charge in [-0.25, -0.2) is 0 Å². The van der Waals surface area contributed by atoms with E-state index in [1.54, 1.807) is 0 Å². The van der Waals surface area contributed by atoms with E-state index in [9.17, 15) is 0 Å². The molecule has 2 aromatic rings. The molecule has 1 aliphatic heterocycles. The van der Waals surface area contributed by atoms with Crippen molar-refractivity contribution < 1.29 is 9.26 Å². The molecule has 0 spiro atoms. The van der Waals surface area contributed by atoms with Crippen molar-refractivity contribution in [3.8, 4) is 11.5 Å². The van der Waals surface area contributed by atoms with Crippen LogP contribution in [-0.2, 0) is 11.3 Å². The molecule has 6 heteroatoms. The molecule has 0 aliphatic carbocycles. The number of aromatic nitrogens is 2. The van der Waals surface area contributed by atoms with E-state index in [-0.39, 0.29) is 0 Å². The maximum absolute atomic E-state index is 5.88. The fourth-order valence-electron chi connectivity index (χ4n) is 2.40. The molecule has 1 atom stereocenters. The Hall–Kier alpha value is -1.43. The lowest BCUT2D eigenvalue weighted by Crippen LogP contribution is -2.41. The van der Waals surface area contributed by atoms with Crippen molar-refractivity contribution in [2.75, 3.05) is 19.7 Å². The fraction of sp³-hybridized carbons (Fsp3) is 0.467. The smallest absolute Gasteiger partial charge is 0.257 e. The van der Waals surface area contributed by atoms with Gasteiger partial charge in [0, 0.05) is 23.7 Å². The van der Waals surface area contributed by atoms with Gasteiger partial charge < -0.3 is 9.26 Å². The Morgan fingerprint density at radius 2 is 2.14 bits per heavy atom. The topological polar surface area (TPSA) is 51.4 Å². The number of rotatable bonds is 4. The van der Waals surface area contributed by atoms with Gasteiger partial charge in [-0.15, -0.1) is 0 Å². The summed E-state index contributed by atoms with van der Waals surface area (Å²) in [7, 11) is 0. The van der Waals surface area contributed by atoms with E-state index in [1.807, 2.05) is 24.3 Å². The Morgan fingerprint density at radius 1 is 1.33 bits per heavy atom. The molecule has 1 fully saturated rings. The molecule has 2 heterocycles. The van der Waals surface area contributed by atoms with Gasteiger partial charge in [0.25, 0.3) is 5.89 Å². The molecule has 0 radical (unpaired) electrons. The van der Waals surface area contributed by atoms with Gasteiger partial charge in [0.15, 0.2) is 5.82 Å². The van der Waals surface area contributed by atoms with Crippen LogP contribution in [-0.4, -0.2) is 40.8 Å². The lowest BCUT2D eigenvalue weighted by atomic mass is 10.2. The Kier molecular flexibility index (Phi) is 4.53. The highest BCUT2D eigenvalue weighted by atomic mass is 35.5. The average molecular weight is 308 g/mol. The van der Waals surface area contributed by atoms with Gasteiger partial charge in [-0.1, -0.05) is 23.7 Å². The summed E-state index contributed by atoms with van der Waals surface area (Å²) in [6, 6.07) is 7.38. The van der Waals surface area contributed by atoms with Crippen LogP contribution in [0.5, 0.6) is 0 Å². The monoisotopic (exact) mass is 307 g/mol. The third-order valence-electron chi connectivity index (χ3n) is 3.60. The molecule has 21 heavy (non-hydrogen) atoms. The average Bonchev–Trinajstić information content (AvgIpc) is 2.96. The minimum atomic E-state index is 0.307. The molecule has 1 saturated heterocycles. The van der Waals surface area contributed by atoms with E-state index in [0.717, 1.165) is 31.7 Å². The first kappa shape index (κ1) is 14.5. The summed E-state index contributed by atoms with van der Waals surface area (Å²) in [5, 5.41) is 4.75. The number of nitrogens with zero attached hydrogens (tertiary/aromatic N) is 3. The van der Waals surface area contributed by atoms with E-state index in [2.05, 4.69) is 22.0 Å². The number of morpholine rings is 1. The number of halogens is 1. The SMILES string of the molecule is CC[C@H]1CN(Cc2noc(-c3ccc(Cl)cc3)n2)CCO1. The second-order valence-corrected chi connectivity index (χ2v) is 5.60. The minimum Gasteiger partial charge on any atom is -0.376 e. The quantitative estimate of drug-likeness (QED) is 0.869. The van der Waals surface area contributed by atoms with Crippen LogP contribution in [0.1, 0.15) is 19.2 Å². The lowest BCUT2D eigenvalue weighted by molar-refractivity contribution is -0.0333. The summed E-state index contributed by atoms with van der Waals surface area (Å²) in [6.07, 6.45) is 1.33. The van der Waals surface area contributed by atoms with Crippen molar-refractivity contribution in [3.63, 3.8) is 0 Å². The second-order valence-electron chi connectivity index (χ2n) is 5.16. The Bertz CT molecular complexity index is 585. The van der Waals surface area contributed by atoms with Gasteiger partial charge in [0.05, 0.1) is 19.3 Å². The molecule has 0 unspecified atom stereocenters. The molecular weight excluding hydrogens is 290 g/mol. The van der Waals surface area contributed by atoms with E-state index in [4.69, 9.17) is 20.9 Å². The van der Waals surface area contributed by atoms with Crippen LogP contribution in [0.3, 0.4) is 0 Å². The first-order valence-corrected chi connectivity index (χ1v) is 7.55. The van der Waals surface area contributed by atoms with Gasteiger partial charge in [-0.05, 0) is 30.7 Å². The predicted octanol–water partition coefficient (Wildman–Crippen LogP) is 3.00. The van der Waals surface area contributed by atoms with Crippen LogP contribution in [0.25, 0.3) is 11.5 Å². The Labute approximate surface area is 128 Å². The molecular formula is C15H18ClN3O2. The van der Waals surface area contributed by atoms with E-state index in [1.165, 1.54) is 0 Å². The summed E-state index contributed by atoms with van der Waals surface area (Å²) in [5.74, 6) is 1.23. The minimum absolute atomic E-state index is 0.307.